The second-order valence-corrected chi connectivity index (χ2v) is 2.38. The van der Waals surface area contributed by atoms with Crippen molar-refractivity contribution in [3.05, 3.63) is 11.8 Å². The Morgan fingerprint density at radius 3 is 3.09 bits per heavy atom. The SMILES string of the molecule is CN1C(=O)NC=C(CO)C1N. The largest absolute Gasteiger partial charge is 0.392 e. The van der Waals surface area contributed by atoms with Crippen molar-refractivity contribution in [2.45, 2.75) is 6.17 Å². The van der Waals surface area contributed by atoms with Gasteiger partial charge in [-0.15, -0.1) is 0 Å². The Morgan fingerprint density at radius 2 is 2.55 bits per heavy atom. The van der Waals surface area contributed by atoms with Crippen LogP contribution in [0.3, 0.4) is 0 Å². The maximum Gasteiger partial charge on any atom is 0.322 e. The van der Waals surface area contributed by atoms with Crippen LogP contribution in [0.1, 0.15) is 0 Å². The normalized spacial score (nSPS) is 24.6. The highest BCUT2D eigenvalue weighted by molar-refractivity contribution is 5.77. The third kappa shape index (κ3) is 1.33. The van der Waals surface area contributed by atoms with Gasteiger partial charge in [0, 0.05) is 18.8 Å². The number of carbonyl (C=O) groups is 1. The molecule has 1 atom stereocenters. The fourth-order valence-electron chi connectivity index (χ4n) is 0.856. The summed E-state index contributed by atoms with van der Waals surface area (Å²) in [5.41, 5.74) is 6.16. The summed E-state index contributed by atoms with van der Waals surface area (Å²) < 4.78 is 0. The van der Waals surface area contributed by atoms with E-state index in [0.717, 1.165) is 0 Å². The average molecular weight is 157 g/mol. The van der Waals surface area contributed by atoms with E-state index in [2.05, 4.69) is 5.32 Å². The molecule has 0 radical (unpaired) electrons. The van der Waals surface area contributed by atoms with E-state index in [1.807, 2.05) is 0 Å². The van der Waals surface area contributed by atoms with Crippen molar-refractivity contribution in [2.75, 3.05) is 13.7 Å². The molecule has 2 amide bonds. The van der Waals surface area contributed by atoms with Crippen molar-refractivity contribution in [1.82, 2.24) is 10.2 Å². The van der Waals surface area contributed by atoms with Gasteiger partial charge in [0.05, 0.1) is 6.61 Å². The lowest BCUT2D eigenvalue weighted by atomic mass is 10.2. The van der Waals surface area contributed by atoms with E-state index in [1.165, 1.54) is 11.1 Å². The van der Waals surface area contributed by atoms with Crippen molar-refractivity contribution in [1.29, 1.82) is 0 Å². The van der Waals surface area contributed by atoms with Crippen LogP contribution in [0.15, 0.2) is 11.8 Å². The summed E-state index contributed by atoms with van der Waals surface area (Å²) in [5, 5.41) is 11.2. The van der Waals surface area contributed by atoms with Crippen LogP contribution in [-0.4, -0.2) is 35.9 Å². The van der Waals surface area contributed by atoms with Crippen molar-refractivity contribution >= 4 is 6.03 Å². The smallest absolute Gasteiger partial charge is 0.322 e. The standard InChI is InChI=1S/C6H11N3O2/c1-9-5(7)4(3-10)2-8-6(9)11/h2,5,10H,3,7H2,1H3,(H,8,11). The monoisotopic (exact) mass is 157 g/mol. The van der Waals surface area contributed by atoms with Crippen molar-refractivity contribution < 1.29 is 9.90 Å². The van der Waals surface area contributed by atoms with E-state index in [9.17, 15) is 4.79 Å². The molecule has 0 saturated heterocycles. The predicted molar refractivity (Wildman–Crippen MR) is 39.4 cm³/mol. The number of aliphatic hydroxyl groups is 1. The highest BCUT2D eigenvalue weighted by Gasteiger charge is 2.22. The Kier molecular flexibility index (Phi) is 2.11. The van der Waals surface area contributed by atoms with Crippen LogP contribution >= 0.6 is 0 Å². The molecule has 0 bridgehead atoms. The fourth-order valence-corrected chi connectivity index (χ4v) is 0.856. The molecule has 0 aliphatic carbocycles. The van der Waals surface area contributed by atoms with Crippen LogP contribution in [0.2, 0.25) is 0 Å². The number of amides is 2. The Morgan fingerprint density at radius 1 is 1.91 bits per heavy atom. The van der Waals surface area contributed by atoms with E-state index in [-0.39, 0.29) is 12.6 Å². The van der Waals surface area contributed by atoms with Crippen molar-refractivity contribution in [3.8, 4) is 0 Å². The summed E-state index contributed by atoms with van der Waals surface area (Å²) in [6.45, 7) is -0.133. The quantitative estimate of drug-likeness (QED) is 0.447. The van der Waals surface area contributed by atoms with E-state index in [4.69, 9.17) is 10.8 Å². The van der Waals surface area contributed by atoms with Gasteiger partial charge in [-0.1, -0.05) is 0 Å². The molecule has 0 aromatic heterocycles. The predicted octanol–water partition coefficient (Wildman–Crippen LogP) is -1.20. The first kappa shape index (κ1) is 8.03. The van der Waals surface area contributed by atoms with Crippen LogP contribution in [0.25, 0.3) is 0 Å². The molecule has 0 saturated carbocycles. The molecule has 62 valence electrons. The minimum Gasteiger partial charge on any atom is -0.392 e. The third-order valence-electron chi connectivity index (χ3n) is 1.68. The molecule has 0 aromatic carbocycles. The minimum absolute atomic E-state index is 0.133. The van der Waals surface area contributed by atoms with Crippen LogP contribution in [0.5, 0.6) is 0 Å². The van der Waals surface area contributed by atoms with Crippen LogP contribution in [-0.2, 0) is 0 Å². The minimum atomic E-state index is -0.506. The molecule has 0 spiro atoms. The first-order valence-electron chi connectivity index (χ1n) is 3.25. The molecule has 1 aliphatic rings. The number of hydrogen-bond acceptors (Lipinski definition) is 3. The Balaban J connectivity index is 2.78. The number of hydrogen-bond donors (Lipinski definition) is 3. The van der Waals surface area contributed by atoms with E-state index in [0.29, 0.717) is 5.57 Å². The van der Waals surface area contributed by atoms with Gasteiger partial charge in [0.15, 0.2) is 0 Å². The highest BCUT2D eigenvalue weighted by Crippen LogP contribution is 2.06. The lowest BCUT2D eigenvalue weighted by Crippen LogP contribution is -2.52. The maximum atomic E-state index is 10.9. The van der Waals surface area contributed by atoms with E-state index >= 15 is 0 Å². The molecule has 0 fully saturated rings. The second kappa shape index (κ2) is 2.89. The molecule has 1 unspecified atom stereocenters. The van der Waals surface area contributed by atoms with Crippen molar-refractivity contribution in [2.24, 2.45) is 5.73 Å². The number of likely N-dealkylation sites (N-methyl/N-ethyl adjacent to an activating group) is 1. The molecule has 4 N–H and O–H groups in total. The summed E-state index contributed by atoms with van der Waals surface area (Å²) in [4.78, 5) is 12.2. The zero-order valence-corrected chi connectivity index (χ0v) is 6.24. The van der Waals surface area contributed by atoms with Gasteiger partial charge in [-0.25, -0.2) is 4.79 Å². The summed E-state index contributed by atoms with van der Waals surface area (Å²) in [5.74, 6) is 0. The molecule has 1 rings (SSSR count). The van der Waals surface area contributed by atoms with Crippen LogP contribution in [0, 0.1) is 0 Å². The fraction of sp³-hybridized carbons (Fsp3) is 0.500. The van der Waals surface area contributed by atoms with Gasteiger partial charge < -0.3 is 21.1 Å². The van der Waals surface area contributed by atoms with Gasteiger partial charge in [0.1, 0.15) is 6.17 Å². The topological polar surface area (TPSA) is 78.6 Å². The lowest BCUT2D eigenvalue weighted by molar-refractivity contribution is 0.191. The first-order valence-corrected chi connectivity index (χ1v) is 3.25. The second-order valence-electron chi connectivity index (χ2n) is 2.38. The molecule has 0 aromatic rings. The third-order valence-corrected chi connectivity index (χ3v) is 1.68. The number of rotatable bonds is 1. The van der Waals surface area contributed by atoms with Gasteiger partial charge >= 0.3 is 6.03 Å². The summed E-state index contributed by atoms with van der Waals surface area (Å²) in [6, 6.07) is -0.255. The molecule has 1 heterocycles. The number of aliphatic hydroxyl groups excluding tert-OH is 1. The average Bonchev–Trinajstić information content (AvgIpc) is 2.01. The maximum absolute atomic E-state index is 10.9. The number of nitrogens with zero attached hydrogens (tertiary/aromatic N) is 1. The molecular weight excluding hydrogens is 146 g/mol. The van der Waals surface area contributed by atoms with Gasteiger partial charge in [0.25, 0.3) is 0 Å². The van der Waals surface area contributed by atoms with E-state index in [1.54, 1.807) is 7.05 Å². The number of nitrogens with two attached hydrogens (primary N) is 1. The number of carbonyl (C=O) groups excluding carboxylic acids is 1. The highest BCUT2D eigenvalue weighted by atomic mass is 16.3. The van der Waals surface area contributed by atoms with Gasteiger partial charge in [-0.2, -0.15) is 0 Å². The Bertz CT molecular complexity index is 202. The summed E-state index contributed by atoms with van der Waals surface area (Å²) >= 11 is 0. The zero-order chi connectivity index (χ0) is 8.43. The van der Waals surface area contributed by atoms with Gasteiger partial charge in [-0.05, 0) is 0 Å². The molecular formula is C6H11N3O2. The zero-order valence-electron chi connectivity index (χ0n) is 6.24. The Hall–Kier alpha value is -1.07. The molecule has 5 nitrogen and oxygen atoms in total. The van der Waals surface area contributed by atoms with Crippen molar-refractivity contribution in [3.63, 3.8) is 0 Å². The van der Waals surface area contributed by atoms with Gasteiger partial charge in [-0.3, -0.25) is 0 Å². The van der Waals surface area contributed by atoms with Gasteiger partial charge in [0.2, 0.25) is 0 Å². The molecule has 5 heteroatoms. The van der Waals surface area contributed by atoms with E-state index < -0.39 is 6.17 Å². The summed E-state index contributed by atoms with van der Waals surface area (Å²) in [7, 11) is 1.57. The molecule has 1 aliphatic heterocycles. The number of urea groups is 1. The lowest BCUT2D eigenvalue weighted by Gasteiger charge is -2.29. The number of nitrogens with one attached hydrogen (secondary N) is 1. The Labute approximate surface area is 64.5 Å². The molecule has 11 heavy (non-hydrogen) atoms. The first-order chi connectivity index (χ1) is 5.16. The summed E-state index contributed by atoms with van der Waals surface area (Å²) in [6.07, 6.45) is 0.932. The van der Waals surface area contributed by atoms with Crippen LogP contribution in [0.4, 0.5) is 4.79 Å². The van der Waals surface area contributed by atoms with Crippen LogP contribution < -0.4 is 11.1 Å².